The minimum Gasteiger partial charge on any atom is -0.394 e. The Kier molecular flexibility index (Phi) is 2.83. The summed E-state index contributed by atoms with van der Waals surface area (Å²) in [5.41, 5.74) is 7.08. The molecule has 1 aromatic rings. The van der Waals surface area contributed by atoms with E-state index in [1.54, 1.807) is 24.3 Å². The van der Waals surface area contributed by atoms with Crippen molar-refractivity contribution in [2.75, 3.05) is 26.3 Å². The molecule has 0 spiro atoms. The van der Waals surface area contributed by atoms with Crippen LogP contribution in [0.15, 0.2) is 35.7 Å². The quantitative estimate of drug-likeness (QED) is 0.797. The Morgan fingerprint density at radius 1 is 1.00 bits per heavy atom. The van der Waals surface area contributed by atoms with Crippen LogP contribution in [0.3, 0.4) is 0 Å². The molecule has 1 heterocycles. The molecule has 0 saturated carbocycles. The zero-order valence-electron chi connectivity index (χ0n) is 10.4. The van der Waals surface area contributed by atoms with Gasteiger partial charge in [-0.05, 0) is 0 Å². The molecule has 5 heteroatoms. The van der Waals surface area contributed by atoms with E-state index in [4.69, 9.17) is 10.5 Å². The predicted octanol–water partition coefficient (Wildman–Crippen LogP) is 0.568. The maximum atomic E-state index is 12.5. The molecular weight excluding hydrogens is 244 g/mol. The third-order valence-electron chi connectivity index (χ3n) is 3.46. The molecule has 1 aliphatic carbocycles. The van der Waals surface area contributed by atoms with Gasteiger partial charge >= 0.3 is 0 Å². The molecule has 2 N–H and O–H groups in total. The number of Topliss-reactive ketones (excluding diaryl/α,β-unsaturated/α-hetero) is 2. The number of nitrogens with two attached hydrogens (primary N) is 1. The normalized spacial score (nSPS) is 19.7. The van der Waals surface area contributed by atoms with E-state index in [-0.39, 0.29) is 17.3 Å². The highest BCUT2D eigenvalue weighted by Gasteiger charge is 2.34. The van der Waals surface area contributed by atoms with Crippen LogP contribution in [0.25, 0.3) is 0 Å². The van der Waals surface area contributed by atoms with Gasteiger partial charge in [0.15, 0.2) is 0 Å². The average molecular weight is 258 g/mol. The molecule has 1 saturated heterocycles. The van der Waals surface area contributed by atoms with E-state index < -0.39 is 0 Å². The Bertz CT molecular complexity index is 586. The highest BCUT2D eigenvalue weighted by Crippen LogP contribution is 2.26. The second-order valence-corrected chi connectivity index (χ2v) is 4.57. The van der Waals surface area contributed by atoms with Crippen LogP contribution < -0.4 is 5.73 Å². The fourth-order valence-corrected chi connectivity index (χ4v) is 2.48. The number of hydrogen-bond donors (Lipinski definition) is 1. The third kappa shape index (κ3) is 1.82. The van der Waals surface area contributed by atoms with Crippen molar-refractivity contribution in [1.82, 2.24) is 4.90 Å². The first-order valence-corrected chi connectivity index (χ1v) is 6.21. The van der Waals surface area contributed by atoms with Gasteiger partial charge in [-0.25, -0.2) is 0 Å². The highest BCUT2D eigenvalue weighted by molar-refractivity contribution is 6.26. The van der Waals surface area contributed by atoms with Gasteiger partial charge in [0.05, 0.1) is 13.2 Å². The van der Waals surface area contributed by atoms with Gasteiger partial charge in [0.25, 0.3) is 0 Å². The summed E-state index contributed by atoms with van der Waals surface area (Å²) in [6, 6.07) is 6.79. The molecule has 98 valence electrons. The number of ketones is 2. The summed E-state index contributed by atoms with van der Waals surface area (Å²) in [6.07, 6.45) is 0. The van der Waals surface area contributed by atoms with Crippen molar-refractivity contribution in [2.24, 2.45) is 5.73 Å². The van der Waals surface area contributed by atoms with E-state index in [0.717, 1.165) is 0 Å². The summed E-state index contributed by atoms with van der Waals surface area (Å²) in [6.45, 7) is 2.24. The van der Waals surface area contributed by atoms with Crippen LogP contribution in [-0.4, -0.2) is 42.8 Å². The Morgan fingerprint density at radius 2 is 1.58 bits per heavy atom. The van der Waals surface area contributed by atoms with Crippen LogP contribution in [0.2, 0.25) is 0 Å². The smallest absolute Gasteiger partial charge is 0.212 e. The number of ether oxygens (including phenoxy) is 1. The van der Waals surface area contributed by atoms with E-state index in [1.807, 2.05) is 4.90 Å². The molecule has 3 rings (SSSR count). The summed E-state index contributed by atoms with van der Waals surface area (Å²) in [7, 11) is 0. The van der Waals surface area contributed by atoms with Crippen molar-refractivity contribution in [3.8, 4) is 0 Å². The Hall–Kier alpha value is -2.14. The monoisotopic (exact) mass is 258 g/mol. The molecule has 1 aromatic carbocycles. The number of benzene rings is 1. The number of allylic oxidation sites excluding steroid dienone is 2. The van der Waals surface area contributed by atoms with E-state index in [1.165, 1.54) is 0 Å². The lowest BCUT2D eigenvalue weighted by molar-refractivity contribution is 0.0495. The lowest BCUT2D eigenvalue weighted by atomic mass is 9.90. The van der Waals surface area contributed by atoms with Crippen molar-refractivity contribution in [2.45, 2.75) is 0 Å². The van der Waals surface area contributed by atoms with Crippen molar-refractivity contribution in [3.05, 3.63) is 46.8 Å². The molecule has 0 unspecified atom stereocenters. The van der Waals surface area contributed by atoms with Gasteiger partial charge in [0.1, 0.15) is 11.4 Å². The molecule has 0 aromatic heterocycles. The fraction of sp³-hybridized carbons (Fsp3) is 0.286. The second kappa shape index (κ2) is 4.51. The van der Waals surface area contributed by atoms with Crippen molar-refractivity contribution >= 4 is 11.6 Å². The number of hydrogen-bond acceptors (Lipinski definition) is 5. The van der Waals surface area contributed by atoms with E-state index in [9.17, 15) is 9.59 Å². The van der Waals surface area contributed by atoms with Gasteiger partial charge in [-0.1, -0.05) is 24.3 Å². The molecule has 0 amide bonds. The molecule has 1 aliphatic heterocycles. The fourth-order valence-electron chi connectivity index (χ4n) is 2.48. The molecule has 0 bridgehead atoms. The van der Waals surface area contributed by atoms with Crippen LogP contribution in [-0.2, 0) is 4.74 Å². The first kappa shape index (κ1) is 11.9. The molecular formula is C14H14N2O3. The maximum absolute atomic E-state index is 12.5. The SMILES string of the molecule is NC1=C(N2CCOCC2)C(=O)c2ccccc2C1=O. The van der Waals surface area contributed by atoms with E-state index in [0.29, 0.717) is 43.1 Å². The molecule has 1 fully saturated rings. The van der Waals surface area contributed by atoms with Gasteiger partial charge in [-0.3, -0.25) is 9.59 Å². The largest absolute Gasteiger partial charge is 0.394 e. The van der Waals surface area contributed by atoms with E-state index in [2.05, 4.69) is 0 Å². The minimum atomic E-state index is -0.267. The predicted molar refractivity (Wildman–Crippen MR) is 68.7 cm³/mol. The Labute approximate surface area is 110 Å². The van der Waals surface area contributed by atoms with Crippen LogP contribution >= 0.6 is 0 Å². The summed E-state index contributed by atoms with van der Waals surface area (Å²) in [4.78, 5) is 26.6. The average Bonchev–Trinajstić information content (AvgIpc) is 2.46. The van der Waals surface area contributed by atoms with Gasteiger partial charge in [0.2, 0.25) is 11.6 Å². The number of fused-ring (bicyclic) bond motifs is 1. The second-order valence-electron chi connectivity index (χ2n) is 4.57. The van der Waals surface area contributed by atoms with Gasteiger partial charge < -0.3 is 15.4 Å². The summed E-state index contributed by atoms with van der Waals surface area (Å²) < 4.78 is 5.26. The lowest BCUT2D eigenvalue weighted by Crippen LogP contribution is -2.42. The van der Waals surface area contributed by atoms with Crippen LogP contribution in [0.1, 0.15) is 20.7 Å². The number of nitrogens with zero attached hydrogens (tertiary/aromatic N) is 1. The first-order valence-electron chi connectivity index (χ1n) is 6.21. The van der Waals surface area contributed by atoms with Crippen LogP contribution in [0.4, 0.5) is 0 Å². The van der Waals surface area contributed by atoms with Gasteiger partial charge in [-0.15, -0.1) is 0 Å². The number of carbonyl (C=O) groups excluding carboxylic acids is 2. The maximum Gasteiger partial charge on any atom is 0.212 e. The van der Waals surface area contributed by atoms with Crippen LogP contribution in [0.5, 0.6) is 0 Å². The number of rotatable bonds is 1. The minimum absolute atomic E-state index is 0.0469. The van der Waals surface area contributed by atoms with Gasteiger partial charge in [-0.2, -0.15) is 0 Å². The molecule has 19 heavy (non-hydrogen) atoms. The Balaban J connectivity index is 2.07. The van der Waals surface area contributed by atoms with Crippen LogP contribution in [0, 0.1) is 0 Å². The number of carbonyl (C=O) groups is 2. The standard InChI is InChI=1S/C14H14N2O3/c15-11-12(16-5-7-19-8-6-16)14(18)10-4-2-1-3-9(10)13(11)17/h1-4H,5-8,15H2. The molecule has 0 radical (unpaired) electrons. The summed E-state index contributed by atoms with van der Waals surface area (Å²) >= 11 is 0. The lowest BCUT2D eigenvalue weighted by Gasteiger charge is -2.32. The number of morpholine rings is 1. The summed E-state index contributed by atoms with van der Waals surface area (Å²) in [5.74, 6) is -0.439. The zero-order valence-corrected chi connectivity index (χ0v) is 10.4. The summed E-state index contributed by atoms with van der Waals surface area (Å²) in [5, 5.41) is 0. The molecule has 0 atom stereocenters. The molecule has 2 aliphatic rings. The van der Waals surface area contributed by atoms with Crippen molar-refractivity contribution in [1.29, 1.82) is 0 Å². The third-order valence-corrected chi connectivity index (χ3v) is 3.46. The van der Waals surface area contributed by atoms with Crippen molar-refractivity contribution in [3.63, 3.8) is 0 Å². The van der Waals surface area contributed by atoms with Crippen molar-refractivity contribution < 1.29 is 14.3 Å². The zero-order chi connectivity index (χ0) is 13.4. The van der Waals surface area contributed by atoms with Gasteiger partial charge in [0, 0.05) is 24.2 Å². The topological polar surface area (TPSA) is 72.6 Å². The first-order chi connectivity index (χ1) is 9.20. The highest BCUT2D eigenvalue weighted by atomic mass is 16.5. The van der Waals surface area contributed by atoms with E-state index >= 15 is 0 Å². The molecule has 5 nitrogen and oxygen atoms in total. The Morgan fingerprint density at radius 3 is 2.21 bits per heavy atom.